The second-order valence-corrected chi connectivity index (χ2v) is 6.49. The van der Waals surface area contributed by atoms with Crippen molar-refractivity contribution < 1.29 is 9.21 Å². The summed E-state index contributed by atoms with van der Waals surface area (Å²) in [6.07, 6.45) is 0. The van der Waals surface area contributed by atoms with Gasteiger partial charge in [0.1, 0.15) is 6.04 Å². The molecule has 4 aromatic rings. The first-order valence-electron chi connectivity index (χ1n) is 9.02. The minimum absolute atomic E-state index is 0.201. The molecule has 0 unspecified atom stereocenters. The number of rotatable bonds is 5. The highest BCUT2D eigenvalue weighted by Gasteiger charge is 2.23. The van der Waals surface area contributed by atoms with Crippen molar-refractivity contribution in [2.75, 3.05) is 0 Å². The van der Waals surface area contributed by atoms with Gasteiger partial charge in [-0.15, -0.1) is 10.2 Å². The second-order valence-electron chi connectivity index (χ2n) is 6.49. The van der Waals surface area contributed by atoms with E-state index in [1.54, 1.807) is 12.1 Å². The second kappa shape index (κ2) is 7.88. The van der Waals surface area contributed by atoms with E-state index in [4.69, 9.17) is 4.42 Å². The molecule has 28 heavy (non-hydrogen) atoms. The first-order valence-corrected chi connectivity index (χ1v) is 9.02. The summed E-state index contributed by atoms with van der Waals surface area (Å²) in [7, 11) is 0. The van der Waals surface area contributed by atoms with Gasteiger partial charge in [-0.05, 0) is 36.8 Å². The van der Waals surface area contributed by atoms with Crippen molar-refractivity contribution in [1.82, 2.24) is 15.5 Å². The van der Waals surface area contributed by atoms with E-state index in [9.17, 15) is 4.79 Å². The maximum Gasteiger partial charge on any atom is 0.252 e. The van der Waals surface area contributed by atoms with Crippen LogP contribution in [-0.2, 0) is 0 Å². The predicted molar refractivity (Wildman–Crippen MR) is 107 cm³/mol. The summed E-state index contributed by atoms with van der Waals surface area (Å²) in [6, 6.07) is 26.0. The van der Waals surface area contributed by atoms with E-state index in [0.29, 0.717) is 17.3 Å². The lowest BCUT2D eigenvalue weighted by atomic mass is 10.1. The molecule has 3 aromatic carbocycles. The largest absolute Gasteiger partial charge is 0.418 e. The average Bonchev–Trinajstić information content (AvgIpc) is 3.23. The fourth-order valence-electron chi connectivity index (χ4n) is 2.90. The summed E-state index contributed by atoms with van der Waals surface area (Å²) < 4.78 is 5.91. The quantitative estimate of drug-likeness (QED) is 0.560. The monoisotopic (exact) mass is 369 g/mol. The number of carbonyl (C=O) groups is 1. The van der Waals surface area contributed by atoms with Crippen LogP contribution >= 0.6 is 0 Å². The molecule has 0 radical (unpaired) electrons. The molecule has 0 fully saturated rings. The molecule has 0 aliphatic rings. The zero-order valence-electron chi connectivity index (χ0n) is 15.4. The van der Waals surface area contributed by atoms with Crippen LogP contribution in [0.3, 0.4) is 0 Å². The fourth-order valence-corrected chi connectivity index (χ4v) is 2.90. The summed E-state index contributed by atoms with van der Waals surface area (Å²) in [6.45, 7) is 1.98. The Labute approximate surface area is 163 Å². The van der Waals surface area contributed by atoms with Crippen LogP contribution in [0.2, 0.25) is 0 Å². The van der Waals surface area contributed by atoms with Crippen molar-refractivity contribution in [2.24, 2.45) is 0 Å². The SMILES string of the molecule is Cc1ccc(C(=O)N[C@@H](c2ccccc2)c2nnc(-c3ccccc3)o2)cc1. The van der Waals surface area contributed by atoms with E-state index in [2.05, 4.69) is 15.5 Å². The molecule has 138 valence electrons. The van der Waals surface area contributed by atoms with Crippen LogP contribution in [0.4, 0.5) is 0 Å². The third-order valence-electron chi connectivity index (χ3n) is 4.43. The Balaban J connectivity index is 1.66. The number of benzene rings is 3. The molecule has 5 nitrogen and oxygen atoms in total. The van der Waals surface area contributed by atoms with Crippen LogP contribution in [0.5, 0.6) is 0 Å². The molecule has 1 amide bonds. The number of aryl methyl sites for hydroxylation is 1. The highest BCUT2D eigenvalue weighted by Crippen LogP contribution is 2.25. The number of amides is 1. The highest BCUT2D eigenvalue weighted by molar-refractivity contribution is 5.94. The summed E-state index contributed by atoms with van der Waals surface area (Å²) in [4.78, 5) is 12.8. The first-order chi connectivity index (χ1) is 13.7. The zero-order valence-corrected chi connectivity index (χ0v) is 15.4. The van der Waals surface area contributed by atoms with Crippen molar-refractivity contribution in [3.05, 3.63) is 108 Å². The number of hydrogen-bond donors (Lipinski definition) is 1. The lowest BCUT2D eigenvalue weighted by molar-refractivity contribution is 0.0938. The Hall–Kier alpha value is -3.73. The van der Waals surface area contributed by atoms with Crippen LogP contribution in [0.1, 0.15) is 33.4 Å². The lowest BCUT2D eigenvalue weighted by Crippen LogP contribution is -2.29. The molecule has 0 saturated heterocycles. The van der Waals surface area contributed by atoms with Gasteiger partial charge in [0.25, 0.3) is 5.91 Å². The molecular formula is C23H19N3O2. The van der Waals surface area contributed by atoms with Gasteiger partial charge < -0.3 is 9.73 Å². The van der Waals surface area contributed by atoms with Gasteiger partial charge in [0.15, 0.2) is 0 Å². The Morgan fingerprint density at radius 2 is 1.50 bits per heavy atom. The van der Waals surface area contributed by atoms with Crippen molar-refractivity contribution in [3.63, 3.8) is 0 Å². The lowest BCUT2D eigenvalue weighted by Gasteiger charge is -2.16. The van der Waals surface area contributed by atoms with E-state index >= 15 is 0 Å². The van der Waals surface area contributed by atoms with Crippen LogP contribution in [0.25, 0.3) is 11.5 Å². The molecular weight excluding hydrogens is 350 g/mol. The maximum atomic E-state index is 12.8. The third-order valence-corrected chi connectivity index (χ3v) is 4.43. The number of carbonyl (C=O) groups excluding carboxylic acids is 1. The predicted octanol–water partition coefficient (Wildman–Crippen LogP) is 4.56. The molecule has 1 atom stereocenters. The Kier molecular flexibility index (Phi) is 4.97. The molecule has 0 saturated carbocycles. The molecule has 0 bridgehead atoms. The van der Waals surface area contributed by atoms with Crippen LogP contribution < -0.4 is 5.32 Å². The molecule has 5 heteroatoms. The smallest absolute Gasteiger partial charge is 0.252 e. The van der Waals surface area contributed by atoms with E-state index in [1.807, 2.05) is 79.7 Å². The number of aromatic nitrogens is 2. The van der Waals surface area contributed by atoms with E-state index in [-0.39, 0.29) is 5.91 Å². The van der Waals surface area contributed by atoms with Crippen molar-refractivity contribution in [1.29, 1.82) is 0 Å². The Bertz CT molecular complexity index is 1060. The molecule has 1 aromatic heterocycles. The van der Waals surface area contributed by atoms with E-state index in [1.165, 1.54) is 0 Å². The molecule has 0 aliphatic carbocycles. The highest BCUT2D eigenvalue weighted by atomic mass is 16.4. The standard InChI is InChI=1S/C23H19N3O2/c1-16-12-14-18(15-13-16)21(27)24-20(17-8-4-2-5-9-17)23-26-25-22(28-23)19-10-6-3-7-11-19/h2-15,20H,1H3,(H,24,27)/t20-/m0/s1. The number of hydrogen-bond acceptors (Lipinski definition) is 4. The van der Waals surface area contributed by atoms with Gasteiger partial charge in [-0.1, -0.05) is 66.2 Å². The topological polar surface area (TPSA) is 68.0 Å². The van der Waals surface area contributed by atoms with Gasteiger partial charge in [0, 0.05) is 11.1 Å². The van der Waals surface area contributed by atoms with Gasteiger partial charge in [-0.3, -0.25) is 4.79 Å². The average molecular weight is 369 g/mol. The van der Waals surface area contributed by atoms with Crippen molar-refractivity contribution in [3.8, 4) is 11.5 Å². The molecule has 0 spiro atoms. The van der Waals surface area contributed by atoms with Crippen molar-refractivity contribution >= 4 is 5.91 Å². The van der Waals surface area contributed by atoms with Crippen LogP contribution in [-0.4, -0.2) is 16.1 Å². The molecule has 0 aliphatic heterocycles. The minimum atomic E-state index is -0.542. The van der Waals surface area contributed by atoms with Crippen molar-refractivity contribution in [2.45, 2.75) is 13.0 Å². The van der Waals surface area contributed by atoms with Gasteiger partial charge in [-0.25, -0.2) is 0 Å². The first kappa shape index (κ1) is 17.7. The van der Waals surface area contributed by atoms with Gasteiger partial charge in [0.2, 0.25) is 11.8 Å². The maximum absolute atomic E-state index is 12.8. The minimum Gasteiger partial charge on any atom is -0.418 e. The van der Waals surface area contributed by atoms with E-state index in [0.717, 1.165) is 16.7 Å². The van der Waals surface area contributed by atoms with Gasteiger partial charge in [-0.2, -0.15) is 0 Å². The summed E-state index contributed by atoms with van der Waals surface area (Å²) in [5.74, 6) is 0.556. The summed E-state index contributed by atoms with van der Waals surface area (Å²) in [5, 5.41) is 11.4. The zero-order chi connectivity index (χ0) is 19.3. The Morgan fingerprint density at radius 1 is 0.857 bits per heavy atom. The number of nitrogens with one attached hydrogen (secondary N) is 1. The number of nitrogens with zero attached hydrogens (tertiary/aromatic N) is 2. The van der Waals surface area contributed by atoms with Crippen LogP contribution in [0, 0.1) is 6.92 Å². The summed E-state index contributed by atoms with van der Waals surface area (Å²) >= 11 is 0. The molecule has 1 N–H and O–H groups in total. The van der Waals surface area contributed by atoms with Gasteiger partial charge >= 0.3 is 0 Å². The molecule has 1 heterocycles. The normalized spacial score (nSPS) is 11.8. The third kappa shape index (κ3) is 3.83. The molecule has 4 rings (SSSR count). The van der Waals surface area contributed by atoms with E-state index < -0.39 is 6.04 Å². The van der Waals surface area contributed by atoms with Crippen LogP contribution in [0.15, 0.2) is 89.3 Å². The van der Waals surface area contributed by atoms with Gasteiger partial charge in [0.05, 0.1) is 0 Å². The summed E-state index contributed by atoms with van der Waals surface area (Å²) in [5.41, 5.74) is 3.37. The fraction of sp³-hybridized carbons (Fsp3) is 0.0870. The Morgan fingerprint density at radius 3 is 2.18 bits per heavy atom.